The van der Waals surface area contributed by atoms with Gasteiger partial charge in [0, 0.05) is 37.8 Å². The highest BCUT2D eigenvalue weighted by Crippen LogP contribution is 2.31. The van der Waals surface area contributed by atoms with Gasteiger partial charge < -0.3 is 13.7 Å². The average molecular weight is 363 g/mol. The van der Waals surface area contributed by atoms with E-state index < -0.39 is 0 Å². The molecule has 0 saturated carbocycles. The molecule has 4 rings (SSSR count). The molecule has 0 aliphatic rings. The molecule has 0 radical (unpaired) electrons. The van der Waals surface area contributed by atoms with Crippen LogP contribution in [0.3, 0.4) is 0 Å². The lowest BCUT2D eigenvalue weighted by Crippen LogP contribution is -2.00. The standard InChI is InChI=1S/C18H21N9/c1-10-19-22-16(25(10)4)13-7-14(17-23-20-11(2)26(17)5)9-15(8-13)18-24-21-12(3)27(18)6/h7-9H,1-6H3. The lowest BCUT2D eigenvalue weighted by Gasteiger charge is -2.10. The van der Waals surface area contributed by atoms with Crippen molar-refractivity contribution >= 4 is 0 Å². The third-order valence-electron chi connectivity index (χ3n) is 4.99. The zero-order chi connectivity index (χ0) is 19.3. The second-order valence-electron chi connectivity index (χ2n) is 6.69. The fourth-order valence-electron chi connectivity index (χ4n) is 2.99. The molecule has 9 heteroatoms. The molecule has 1 aromatic carbocycles. The van der Waals surface area contributed by atoms with Crippen LogP contribution in [0.4, 0.5) is 0 Å². The number of aromatic nitrogens is 9. The van der Waals surface area contributed by atoms with Crippen molar-refractivity contribution in [3.63, 3.8) is 0 Å². The molecule has 0 fully saturated rings. The number of rotatable bonds is 3. The van der Waals surface area contributed by atoms with E-state index in [9.17, 15) is 0 Å². The topological polar surface area (TPSA) is 92.1 Å². The van der Waals surface area contributed by atoms with E-state index >= 15 is 0 Å². The Hall–Kier alpha value is -3.36. The van der Waals surface area contributed by atoms with E-state index in [1.807, 2.05) is 55.6 Å². The smallest absolute Gasteiger partial charge is 0.163 e. The van der Waals surface area contributed by atoms with E-state index in [-0.39, 0.29) is 0 Å². The Labute approximate surface area is 156 Å². The highest BCUT2D eigenvalue weighted by molar-refractivity contribution is 5.75. The fraction of sp³-hybridized carbons (Fsp3) is 0.333. The average Bonchev–Trinajstić information content (AvgIpc) is 3.28. The third kappa shape index (κ3) is 2.71. The van der Waals surface area contributed by atoms with Gasteiger partial charge in [0.2, 0.25) is 0 Å². The first-order chi connectivity index (χ1) is 12.9. The van der Waals surface area contributed by atoms with Crippen LogP contribution in [0.1, 0.15) is 17.5 Å². The minimum Gasteiger partial charge on any atom is -0.314 e. The Morgan fingerprint density at radius 1 is 0.481 bits per heavy atom. The van der Waals surface area contributed by atoms with Crippen LogP contribution in [-0.4, -0.2) is 44.3 Å². The summed E-state index contributed by atoms with van der Waals surface area (Å²) >= 11 is 0. The summed E-state index contributed by atoms with van der Waals surface area (Å²) in [6.45, 7) is 5.79. The van der Waals surface area contributed by atoms with Gasteiger partial charge in [-0.25, -0.2) is 0 Å². The van der Waals surface area contributed by atoms with Crippen molar-refractivity contribution in [3.05, 3.63) is 35.7 Å². The highest BCUT2D eigenvalue weighted by Gasteiger charge is 2.17. The maximum atomic E-state index is 4.34. The van der Waals surface area contributed by atoms with Crippen LogP contribution < -0.4 is 0 Å². The van der Waals surface area contributed by atoms with Crippen LogP contribution >= 0.6 is 0 Å². The largest absolute Gasteiger partial charge is 0.314 e. The summed E-state index contributed by atoms with van der Waals surface area (Å²) in [7, 11) is 5.86. The summed E-state index contributed by atoms with van der Waals surface area (Å²) in [6, 6.07) is 6.17. The number of nitrogens with zero attached hydrogens (tertiary/aromatic N) is 9. The van der Waals surface area contributed by atoms with Crippen LogP contribution in [0.2, 0.25) is 0 Å². The van der Waals surface area contributed by atoms with Crippen molar-refractivity contribution in [2.45, 2.75) is 20.8 Å². The molecule has 9 nitrogen and oxygen atoms in total. The first-order valence-electron chi connectivity index (χ1n) is 8.61. The summed E-state index contributed by atoms with van der Waals surface area (Å²) in [6.07, 6.45) is 0. The molecule has 0 bridgehead atoms. The molecule has 0 aliphatic carbocycles. The van der Waals surface area contributed by atoms with Gasteiger partial charge in [-0.1, -0.05) is 0 Å². The van der Waals surface area contributed by atoms with Crippen molar-refractivity contribution < 1.29 is 0 Å². The maximum absolute atomic E-state index is 4.34. The van der Waals surface area contributed by atoms with Crippen molar-refractivity contribution in [1.82, 2.24) is 44.3 Å². The van der Waals surface area contributed by atoms with Crippen LogP contribution in [0.15, 0.2) is 18.2 Å². The van der Waals surface area contributed by atoms with Crippen LogP contribution in [-0.2, 0) is 21.1 Å². The van der Waals surface area contributed by atoms with Gasteiger partial charge >= 0.3 is 0 Å². The van der Waals surface area contributed by atoms with Gasteiger partial charge in [0.25, 0.3) is 0 Å². The number of benzene rings is 1. The molecule has 0 saturated heterocycles. The predicted molar refractivity (Wildman–Crippen MR) is 101 cm³/mol. The monoisotopic (exact) mass is 363 g/mol. The van der Waals surface area contributed by atoms with Gasteiger partial charge in [-0.3, -0.25) is 0 Å². The summed E-state index contributed by atoms with van der Waals surface area (Å²) in [5.41, 5.74) is 2.81. The van der Waals surface area contributed by atoms with Gasteiger partial charge in [-0.15, -0.1) is 30.6 Å². The molecule has 0 amide bonds. The Kier molecular flexibility index (Phi) is 3.87. The van der Waals surface area contributed by atoms with E-state index in [2.05, 4.69) is 48.8 Å². The molecule has 3 heterocycles. The van der Waals surface area contributed by atoms with Gasteiger partial charge in [-0.2, -0.15) is 0 Å². The first-order valence-corrected chi connectivity index (χ1v) is 8.61. The van der Waals surface area contributed by atoms with Crippen molar-refractivity contribution in [2.75, 3.05) is 0 Å². The summed E-state index contributed by atoms with van der Waals surface area (Å²) in [5, 5.41) is 25.6. The molecule has 4 aromatic rings. The van der Waals surface area contributed by atoms with E-state index in [0.717, 1.165) is 51.6 Å². The number of hydrogen-bond acceptors (Lipinski definition) is 6. The minimum atomic E-state index is 0.786. The Balaban J connectivity index is 1.98. The lowest BCUT2D eigenvalue weighted by atomic mass is 10.0. The Morgan fingerprint density at radius 3 is 0.926 bits per heavy atom. The molecule has 0 spiro atoms. The molecule has 3 aromatic heterocycles. The quantitative estimate of drug-likeness (QED) is 0.553. The normalized spacial score (nSPS) is 11.3. The van der Waals surface area contributed by atoms with Gasteiger partial charge in [-0.05, 0) is 39.0 Å². The second-order valence-corrected chi connectivity index (χ2v) is 6.69. The summed E-state index contributed by atoms with van der Waals surface area (Å²) in [4.78, 5) is 0. The van der Waals surface area contributed by atoms with Gasteiger partial charge in [0.15, 0.2) is 17.5 Å². The number of hydrogen-bond donors (Lipinski definition) is 0. The van der Waals surface area contributed by atoms with E-state index in [4.69, 9.17) is 0 Å². The van der Waals surface area contributed by atoms with Crippen LogP contribution in [0.25, 0.3) is 34.2 Å². The number of aryl methyl sites for hydroxylation is 3. The predicted octanol–water partition coefficient (Wildman–Crippen LogP) is 2.00. The van der Waals surface area contributed by atoms with Crippen LogP contribution in [0, 0.1) is 20.8 Å². The Bertz CT molecular complexity index is 990. The highest BCUT2D eigenvalue weighted by atomic mass is 15.3. The molecule has 138 valence electrons. The molecule has 0 unspecified atom stereocenters. The molecule has 0 atom stereocenters. The van der Waals surface area contributed by atoms with Crippen LogP contribution in [0.5, 0.6) is 0 Å². The van der Waals surface area contributed by atoms with Crippen molar-refractivity contribution in [1.29, 1.82) is 0 Å². The summed E-state index contributed by atoms with van der Waals surface area (Å²) in [5.74, 6) is 4.90. The molecule has 0 N–H and O–H groups in total. The maximum Gasteiger partial charge on any atom is 0.163 e. The molecular weight excluding hydrogens is 342 g/mol. The molecule has 27 heavy (non-hydrogen) atoms. The minimum absolute atomic E-state index is 0.786. The Morgan fingerprint density at radius 2 is 0.741 bits per heavy atom. The SMILES string of the molecule is Cc1nnc(-c2cc(-c3nnc(C)n3C)cc(-c3nnc(C)n3C)c2)n1C. The third-order valence-corrected chi connectivity index (χ3v) is 4.99. The molecular formula is C18H21N9. The van der Waals surface area contributed by atoms with E-state index in [0.29, 0.717) is 0 Å². The van der Waals surface area contributed by atoms with E-state index in [1.165, 1.54) is 0 Å². The zero-order valence-electron chi connectivity index (χ0n) is 16.3. The van der Waals surface area contributed by atoms with Gasteiger partial charge in [0.1, 0.15) is 17.5 Å². The van der Waals surface area contributed by atoms with Crippen molar-refractivity contribution in [2.24, 2.45) is 21.1 Å². The molecule has 0 aliphatic heterocycles. The zero-order valence-corrected chi connectivity index (χ0v) is 16.3. The van der Waals surface area contributed by atoms with E-state index in [1.54, 1.807) is 0 Å². The first kappa shape index (κ1) is 17.1. The second kappa shape index (κ2) is 6.11. The van der Waals surface area contributed by atoms with Gasteiger partial charge in [0.05, 0.1) is 0 Å². The summed E-state index contributed by atoms with van der Waals surface area (Å²) < 4.78 is 5.90. The fourth-order valence-corrected chi connectivity index (χ4v) is 2.99. The van der Waals surface area contributed by atoms with Crippen molar-refractivity contribution in [3.8, 4) is 34.2 Å². The lowest BCUT2D eigenvalue weighted by molar-refractivity contribution is 0.860.